The lowest BCUT2D eigenvalue weighted by Crippen LogP contribution is -2.43. The molecule has 0 radical (unpaired) electrons. The predicted octanol–water partition coefficient (Wildman–Crippen LogP) is 2.71. The zero-order chi connectivity index (χ0) is 13.9. The molecule has 1 aromatic heterocycles. The summed E-state index contributed by atoms with van der Waals surface area (Å²) >= 11 is 0. The van der Waals surface area contributed by atoms with Crippen LogP contribution in [0.3, 0.4) is 0 Å². The minimum atomic E-state index is 0.211. The van der Waals surface area contributed by atoms with Gasteiger partial charge in [-0.25, -0.2) is 4.98 Å². The predicted molar refractivity (Wildman–Crippen MR) is 78.3 cm³/mol. The normalized spacial score (nSPS) is 26.8. The van der Waals surface area contributed by atoms with Gasteiger partial charge >= 0.3 is 0 Å². The maximum absolute atomic E-state index is 12.6. The monoisotopic (exact) mass is 273 g/mol. The molecule has 20 heavy (non-hydrogen) atoms. The van der Waals surface area contributed by atoms with Crippen molar-refractivity contribution in [1.82, 2.24) is 14.5 Å². The van der Waals surface area contributed by atoms with Gasteiger partial charge in [0.15, 0.2) is 0 Å². The third-order valence-electron chi connectivity index (χ3n) is 4.58. The van der Waals surface area contributed by atoms with Crippen LogP contribution in [0.2, 0.25) is 0 Å². The summed E-state index contributed by atoms with van der Waals surface area (Å²) in [6.45, 7) is 3.80. The van der Waals surface area contributed by atoms with Gasteiger partial charge in [0.2, 0.25) is 5.91 Å². The first-order valence-corrected chi connectivity index (χ1v) is 7.69. The van der Waals surface area contributed by atoms with E-state index in [2.05, 4.69) is 26.6 Å². The number of carbonyl (C=O) groups is 1. The number of rotatable bonds is 2. The molecule has 1 aliphatic heterocycles. The van der Waals surface area contributed by atoms with Crippen molar-refractivity contribution in [2.75, 3.05) is 13.1 Å². The fourth-order valence-corrected chi connectivity index (χ4v) is 3.43. The fourth-order valence-electron chi connectivity index (χ4n) is 3.43. The van der Waals surface area contributed by atoms with E-state index in [1.807, 2.05) is 19.3 Å². The van der Waals surface area contributed by atoms with Gasteiger partial charge in [-0.05, 0) is 39.0 Å². The molecule has 0 spiro atoms. The molecule has 3 rings (SSSR count). The van der Waals surface area contributed by atoms with Gasteiger partial charge in [0.1, 0.15) is 5.82 Å². The van der Waals surface area contributed by atoms with Crippen LogP contribution in [0.25, 0.3) is 0 Å². The van der Waals surface area contributed by atoms with E-state index >= 15 is 0 Å². The minimum Gasteiger partial charge on any atom is -0.340 e. The summed E-state index contributed by atoms with van der Waals surface area (Å²) in [6.07, 6.45) is 13.5. The first kappa shape index (κ1) is 13.4. The molecule has 2 heterocycles. The third kappa shape index (κ3) is 2.65. The van der Waals surface area contributed by atoms with Crippen LogP contribution in [-0.2, 0) is 4.79 Å². The number of imidazole rings is 1. The summed E-state index contributed by atoms with van der Waals surface area (Å²) in [4.78, 5) is 19.0. The standard InChI is InChI=1S/C16H23N3O/c1-13-17-9-11-19(13)15-8-5-10-18(12-15)16(20)14-6-3-2-4-7-14/h2-3,9,11,14-15H,4-8,10,12H2,1H3/t14-,15-/m0/s1. The quantitative estimate of drug-likeness (QED) is 0.777. The van der Waals surface area contributed by atoms with Crippen LogP contribution >= 0.6 is 0 Å². The summed E-state index contributed by atoms with van der Waals surface area (Å²) < 4.78 is 2.22. The Morgan fingerprint density at radius 2 is 2.25 bits per heavy atom. The lowest BCUT2D eigenvalue weighted by atomic mass is 9.92. The molecule has 1 amide bonds. The highest BCUT2D eigenvalue weighted by Gasteiger charge is 2.29. The molecule has 108 valence electrons. The molecule has 4 nitrogen and oxygen atoms in total. The Morgan fingerprint density at radius 3 is 2.95 bits per heavy atom. The molecule has 0 aromatic carbocycles. The molecular formula is C16H23N3O. The van der Waals surface area contributed by atoms with E-state index in [0.717, 1.165) is 51.0 Å². The van der Waals surface area contributed by atoms with E-state index in [1.54, 1.807) is 0 Å². The number of hydrogen-bond acceptors (Lipinski definition) is 2. The minimum absolute atomic E-state index is 0.211. The van der Waals surface area contributed by atoms with Crippen molar-refractivity contribution in [1.29, 1.82) is 0 Å². The summed E-state index contributed by atoms with van der Waals surface area (Å²) in [7, 11) is 0. The second kappa shape index (κ2) is 5.81. The van der Waals surface area contributed by atoms with Crippen LogP contribution in [0, 0.1) is 12.8 Å². The van der Waals surface area contributed by atoms with E-state index < -0.39 is 0 Å². The molecule has 1 aliphatic carbocycles. The number of likely N-dealkylation sites (tertiary alicyclic amines) is 1. The molecular weight excluding hydrogens is 250 g/mol. The zero-order valence-corrected chi connectivity index (χ0v) is 12.2. The van der Waals surface area contributed by atoms with Crippen molar-refractivity contribution >= 4 is 5.91 Å². The zero-order valence-electron chi connectivity index (χ0n) is 12.2. The van der Waals surface area contributed by atoms with Gasteiger partial charge < -0.3 is 9.47 Å². The van der Waals surface area contributed by atoms with Crippen LogP contribution in [0.1, 0.15) is 44.0 Å². The molecule has 1 fully saturated rings. The van der Waals surface area contributed by atoms with Crippen LogP contribution in [-0.4, -0.2) is 33.4 Å². The maximum atomic E-state index is 12.6. The average molecular weight is 273 g/mol. The SMILES string of the molecule is Cc1nccn1[C@H]1CCCN(C(=O)[C@H]2CC=CCC2)C1. The van der Waals surface area contributed by atoms with Crippen molar-refractivity contribution in [3.05, 3.63) is 30.4 Å². The number of hydrogen-bond donors (Lipinski definition) is 0. The maximum Gasteiger partial charge on any atom is 0.226 e. The largest absolute Gasteiger partial charge is 0.340 e. The third-order valence-corrected chi connectivity index (χ3v) is 4.58. The Bertz CT molecular complexity index is 506. The number of piperidine rings is 1. The van der Waals surface area contributed by atoms with Crippen molar-refractivity contribution in [2.45, 2.75) is 45.1 Å². The molecule has 2 atom stereocenters. The van der Waals surface area contributed by atoms with Gasteiger partial charge in [0.05, 0.1) is 6.04 Å². The highest BCUT2D eigenvalue weighted by Crippen LogP contribution is 2.26. The van der Waals surface area contributed by atoms with Crippen LogP contribution < -0.4 is 0 Å². The van der Waals surface area contributed by atoms with Crippen molar-refractivity contribution in [2.24, 2.45) is 5.92 Å². The van der Waals surface area contributed by atoms with Gasteiger partial charge in [-0.2, -0.15) is 0 Å². The molecule has 0 unspecified atom stereocenters. The van der Waals surface area contributed by atoms with E-state index in [-0.39, 0.29) is 5.92 Å². The number of aryl methyl sites for hydroxylation is 1. The summed E-state index contributed by atoms with van der Waals surface area (Å²) in [5, 5.41) is 0. The molecule has 0 saturated carbocycles. The van der Waals surface area contributed by atoms with Gasteiger partial charge in [-0.1, -0.05) is 12.2 Å². The van der Waals surface area contributed by atoms with Gasteiger partial charge in [-0.3, -0.25) is 4.79 Å². The van der Waals surface area contributed by atoms with Crippen molar-refractivity contribution in [3.8, 4) is 0 Å². The number of allylic oxidation sites excluding steroid dienone is 2. The van der Waals surface area contributed by atoms with Crippen LogP contribution in [0.5, 0.6) is 0 Å². The van der Waals surface area contributed by atoms with Crippen molar-refractivity contribution < 1.29 is 4.79 Å². The molecule has 4 heteroatoms. The molecule has 1 aromatic rings. The number of aromatic nitrogens is 2. The Balaban J connectivity index is 1.67. The summed E-state index contributed by atoms with van der Waals surface area (Å²) in [5.74, 6) is 1.62. The fraction of sp³-hybridized carbons (Fsp3) is 0.625. The second-order valence-electron chi connectivity index (χ2n) is 5.94. The Morgan fingerprint density at radius 1 is 1.35 bits per heavy atom. The molecule has 1 saturated heterocycles. The molecule has 0 bridgehead atoms. The highest BCUT2D eigenvalue weighted by atomic mass is 16.2. The average Bonchev–Trinajstić information content (AvgIpc) is 2.94. The summed E-state index contributed by atoms with van der Waals surface area (Å²) in [5.41, 5.74) is 0. The van der Waals surface area contributed by atoms with Crippen LogP contribution in [0.15, 0.2) is 24.5 Å². The van der Waals surface area contributed by atoms with E-state index in [4.69, 9.17) is 0 Å². The topological polar surface area (TPSA) is 38.1 Å². The Kier molecular flexibility index (Phi) is 3.90. The lowest BCUT2D eigenvalue weighted by molar-refractivity contribution is -0.137. The first-order valence-electron chi connectivity index (χ1n) is 7.69. The smallest absolute Gasteiger partial charge is 0.226 e. The van der Waals surface area contributed by atoms with E-state index in [9.17, 15) is 4.79 Å². The number of amides is 1. The second-order valence-corrected chi connectivity index (χ2v) is 5.94. The highest BCUT2D eigenvalue weighted by molar-refractivity contribution is 5.79. The lowest BCUT2D eigenvalue weighted by Gasteiger charge is -2.36. The molecule has 0 N–H and O–H groups in total. The van der Waals surface area contributed by atoms with E-state index in [1.165, 1.54) is 0 Å². The van der Waals surface area contributed by atoms with Crippen molar-refractivity contribution in [3.63, 3.8) is 0 Å². The van der Waals surface area contributed by atoms with Gasteiger partial charge in [-0.15, -0.1) is 0 Å². The Labute approximate surface area is 120 Å². The van der Waals surface area contributed by atoms with Gasteiger partial charge in [0, 0.05) is 31.4 Å². The number of carbonyl (C=O) groups excluding carboxylic acids is 1. The first-order chi connectivity index (χ1) is 9.75. The summed E-state index contributed by atoms with van der Waals surface area (Å²) in [6, 6.07) is 0.398. The van der Waals surface area contributed by atoms with Crippen LogP contribution in [0.4, 0.5) is 0 Å². The molecule has 2 aliphatic rings. The van der Waals surface area contributed by atoms with Gasteiger partial charge in [0.25, 0.3) is 0 Å². The number of nitrogens with zero attached hydrogens (tertiary/aromatic N) is 3. The Hall–Kier alpha value is -1.58. The van der Waals surface area contributed by atoms with E-state index in [0.29, 0.717) is 11.9 Å².